The molecule has 1 saturated heterocycles. The van der Waals surface area contributed by atoms with E-state index in [4.69, 9.17) is 4.98 Å². The third-order valence-electron chi connectivity index (χ3n) is 5.21. The molecular weight excluding hydrogens is 330 g/mol. The van der Waals surface area contributed by atoms with Crippen LogP contribution in [0.4, 0.5) is 0 Å². The number of aryl methyl sites for hydroxylation is 1. The van der Waals surface area contributed by atoms with Gasteiger partial charge in [-0.25, -0.2) is 0 Å². The van der Waals surface area contributed by atoms with Gasteiger partial charge in [0.15, 0.2) is 0 Å². The van der Waals surface area contributed by atoms with E-state index in [9.17, 15) is 0 Å². The summed E-state index contributed by atoms with van der Waals surface area (Å²) in [5.74, 6) is 0. The molecule has 0 spiro atoms. The molecule has 0 amide bonds. The maximum Gasteiger partial charge on any atom is 0.107 e. The Bertz CT molecular complexity index is 798. The van der Waals surface area contributed by atoms with Gasteiger partial charge in [-0.1, -0.05) is 66.7 Å². The minimum Gasteiger partial charge on any atom is -0.278 e. The van der Waals surface area contributed by atoms with Gasteiger partial charge in [-0.3, -0.25) is 14.8 Å². The van der Waals surface area contributed by atoms with Crippen molar-refractivity contribution in [2.75, 3.05) is 13.1 Å². The van der Waals surface area contributed by atoms with Crippen LogP contribution in [0.3, 0.4) is 0 Å². The van der Waals surface area contributed by atoms with E-state index in [0.29, 0.717) is 0 Å². The summed E-state index contributed by atoms with van der Waals surface area (Å²) in [6.07, 6.45) is 1.39. The number of pyridine rings is 1. The van der Waals surface area contributed by atoms with Crippen molar-refractivity contribution in [1.82, 2.24) is 14.8 Å². The van der Waals surface area contributed by atoms with E-state index in [1.54, 1.807) is 0 Å². The topological polar surface area (TPSA) is 19.4 Å². The van der Waals surface area contributed by atoms with Crippen LogP contribution in [0, 0.1) is 6.92 Å². The van der Waals surface area contributed by atoms with Crippen LogP contribution in [0.15, 0.2) is 78.9 Å². The summed E-state index contributed by atoms with van der Waals surface area (Å²) < 4.78 is 0. The van der Waals surface area contributed by atoms with E-state index in [0.717, 1.165) is 37.6 Å². The van der Waals surface area contributed by atoms with Gasteiger partial charge in [0.25, 0.3) is 0 Å². The number of nitrogens with zero attached hydrogens (tertiary/aromatic N) is 3. The van der Waals surface area contributed by atoms with Gasteiger partial charge >= 0.3 is 0 Å². The van der Waals surface area contributed by atoms with Crippen molar-refractivity contribution in [2.24, 2.45) is 0 Å². The van der Waals surface area contributed by atoms with Crippen LogP contribution >= 0.6 is 0 Å². The lowest BCUT2D eigenvalue weighted by Gasteiger charge is -2.44. The monoisotopic (exact) mass is 357 g/mol. The Morgan fingerprint density at radius 3 is 1.81 bits per heavy atom. The number of aromatic nitrogens is 1. The number of benzene rings is 2. The lowest BCUT2D eigenvalue weighted by molar-refractivity contribution is -0.0117. The first-order valence-corrected chi connectivity index (χ1v) is 9.79. The summed E-state index contributed by atoms with van der Waals surface area (Å²) >= 11 is 0. The lowest BCUT2D eigenvalue weighted by Crippen LogP contribution is -2.47. The second-order valence-electron chi connectivity index (χ2n) is 7.34. The van der Waals surface area contributed by atoms with Gasteiger partial charge in [0, 0.05) is 31.9 Å². The van der Waals surface area contributed by atoms with Crippen LogP contribution in [-0.2, 0) is 13.1 Å². The van der Waals surface area contributed by atoms with Gasteiger partial charge < -0.3 is 0 Å². The van der Waals surface area contributed by atoms with Crippen molar-refractivity contribution in [3.8, 4) is 0 Å². The summed E-state index contributed by atoms with van der Waals surface area (Å²) in [4.78, 5) is 10.0. The summed E-state index contributed by atoms with van der Waals surface area (Å²) in [6, 6.07) is 27.9. The van der Waals surface area contributed by atoms with Crippen LogP contribution in [-0.4, -0.2) is 27.9 Å². The molecule has 1 aliphatic heterocycles. The van der Waals surface area contributed by atoms with Crippen molar-refractivity contribution in [3.63, 3.8) is 0 Å². The van der Waals surface area contributed by atoms with Crippen molar-refractivity contribution < 1.29 is 0 Å². The normalized spacial score (nSPS) is 16.5. The lowest BCUT2D eigenvalue weighted by atomic mass is 10.1. The molecule has 3 aromatic rings. The van der Waals surface area contributed by atoms with Crippen molar-refractivity contribution >= 4 is 0 Å². The molecular formula is C24H27N3. The van der Waals surface area contributed by atoms with E-state index in [2.05, 4.69) is 95.6 Å². The molecule has 4 rings (SSSR count). The molecule has 0 bridgehead atoms. The highest BCUT2D eigenvalue weighted by Gasteiger charge is 2.31. The standard InChI is InChI=1S/C24H27N3/c1-20-10-8-15-23(25-20)24-26(18-21-11-4-2-5-12-21)16-9-17-27(24)19-22-13-6-3-7-14-22/h2-8,10-15,24H,9,16-19H2,1H3. The molecule has 0 radical (unpaired) electrons. The van der Waals surface area contributed by atoms with E-state index < -0.39 is 0 Å². The Morgan fingerprint density at radius 2 is 1.30 bits per heavy atom. The Hall–Kier alpha value is -2.49. The fourth-order valence-electron chi connectivity index (χ4n) is 4.00. The highest BCUT2D eigenvalue weighted by molar-refractivity contribution is 5.19. The van der Waals surface area contributed by atoms with E-state index in [-0.39, 0.29) is 6.17 Å². The molecule has 0 saturated carbocycles. The average Bonchev–Trinajstić information content (AvgIpc) is 2.70. The number of hydrogen-bond donors (Lipinski definition) is 0. The van der Waals surface area contributed by atoms with E-state index >= 15 is 0 Å². The Labute approximate surface area is 162 Å². The molecule has 1 aliphatic rings. The molecule has 0 aliphatic carbocycles. The predicted octanol–water partition coefficient (Wildman–Crippen LogP) is 4.80. The molecule has 0 atom stereocenters. The highest BCUT2D eigenvalue weighted by atomic mass is 15.4. The number of rotatable bonds is 5. The Kier molecular flexibility index (Phi) is 5.61. The molecule has 138 valence electrons. The molecule has 3 heteroatoms. The summed E-state index contributed by atoms with van der Waals surface area (Å²) in [5, 5.41) is 0. The zero-order chi connectivity index (χ0) is 18.5. The van der Waals surface area contributed by atoms with Crippen LogP contribution < -0.4 is 0 Å². The second kappa shape index (κ2) is 8.47. The molecule has 2 aromatic carbocycles. The Morgan fingerprint density at radius 1 is 0.741 bits per heavy atom. The maximum absolute atomic E-state index is 4.90. The van der Waals surface area contributed by atoms with Crippen LogP contribution in [0.5, 0.6) is 0 Å². The largest absolute Gasteiger partial charge is 0.278 e. The zero-order valence-electron chi connectivity index (χ0n) is 16.0. The summed E-state index contributed by atoms with van der Waals surface area (Å²) in [5.41, 5.74) is 4.95. The van der Waals surface area contributed by atoms with Crippen LogP contribution in [0.1, 0.15) is 35.1 Å². The first-order valence-electron chi connectivity index (χ1n) is 9.79. The Balaban J connectivity index is 1.64. The molecule has 27 heavy (non-hydrogen) atoms. The van der Waals surface area contributed by atoms with E-state index in [1.807, 2.05) is 0 Å². The average molecular weight is 358 g/mol. The van der Waals surface area contributed by atoms with Gasteiger partial charge in [-0.2, -0.15) is 0 Å². The van der Waals surface area contributed by atoms with Gasteiger partial charge in [-0.05, 0) is 36.6 Å². The molecule has 1 aromatic heterocycles. The highest BCUT2D eigenvalue weighted by Crippen LogP contribution is 2.31. The molecule has 3 nitrogen and oxygen atoms in total. The maximum atomic E-state index is 4.90. The predicted molar refractivity (Wildman–Crippen MR) is 110 cm³/mol. The van der Waals surface area contributed by atoms with Crippen molar-refractivity contribution in [1.29, 1.82) is 0 Å². The van der Waals surface area contributed by atoms with Crippen molar-refractivity contribution in [2.45, 2.75) is 32.6 Å². The second-order valence-corrected chi connectivity index (χ2v) is 7.34. The molecule has 1 fully saturated rings. The number of hydrogen-bond acceptors (Lipinski definition) is 3. The molecule has 2 heterocycles. The minimum atomic E-state index is 0.207. The summed E-state index contributed by atoms with van der Waals surface area (Å²) in [7, 11) is 0. The minimum absolute atomic E-state index is 0.207. The van der Waals surface area contributed by atoms with Crippen LogP contribution in [0.25, 0.3) is 0 Å². The van der Waals surface area contributed by atoms with Gasteiger partial charge in [0.1, 0.15) is 6.17 Å². The molecule has 0 N–H and O–H groups in total. The van der Waals surface area contributed by atoms with Gasteiger partial charge in [0.05, 0.1) is 5.69 Å². The first-order chi connectivity index (χ1) is 13.3. The van der Waals surface area contributed by atoms with Gasteiger partial charge in [0.2, 0.25) is 0 Å². The smallest absolute Gasteiger partial charge is 0.107 e. The van der Waals surface area contributed by atoms with Crippen LogP contribution in [0.2, 0.25) is 0 Å². The van der Waals surface area contributed by atoms with Gasteiger partial charge in [-0.15, -0.1) is 0 Å². The summed E-state index contributed by atoms with van der Waals surface area (Å²) in [6.45, 7) is 6.18. The fourth-order valence-corrected chi connectivity index (χ4v) is 4.00. The SMILES string of the molecule is Cc1cccc(C2N(Cc3ccccc3)CCCN2Cc2ccccc2)n1. The third-order valence-corrected chi connectivity index (χ3v) is 5.21. The quantitative estimate of drug-likeness (QED) is 0.654. The first kappa shape index (κ1) is 17.9. The third kappa shape index (κ3) is 4.44. The fraction of sp³-hybridized carbons (Fsp3) is 0.292. The zero-order valence-corrected chi connectivity index (χ0v) is 16.0. The van der Waals surface area contributed by atoms with Crippen molar-refractivity contribution in [3.05, 3.63) is 101 Å². The van der Waals surface area contributed by atoms with E-state index in [1.165, 1.54) is 17.5 Å². The molecule has 0 unspecified atom stereocenters.